The Kier molecular flexibility index (Phi) is 9.25. The van der Waals surface area contributed by atoms with Gasteiger partial charge in [-0.1, -0.05) is 74.2 Å². The van der Waals surface area contributed by atoms with Gasteiger partial charge >= 0.3 is 0 Å². The van der Waals surface area contributed by atoms with Crippen LogP contribution in [0.3, 0.4) is 0 Å². The molecule has 0 atom stereocenters. The molecule has 0 aliphatic rings. The Labute approximate surface area is 293 Å². The minimum Gasteiger partial charge on any atom is -0.500 e. The van der Waals surface area contributed by atoms with Crippen molar-refractivity contribution in [1.82, 2.24) is 9.97 Å². The zero-order valence-electron chi connectivity index (χ0n) is 27.0. The van der Waals surface area contributed by atoms with E-state index in [4.69, 9.17) is 9.40 Å². The van der Waals surface area contributed by atoms with Crippen molar-refractivity contribution < 1.29 is 24.5 Å². The zero-order chi connectivity index (χ0) is 31.8. The molecule has 0 aliphatic heterocycles. The van der Waals surface area contributed by atoms with E-state index in [1.54, 1.807) is 17.5 Å². The molecule has 8 rings (SSSR count). The van der Waals surface area contributed by atoms with Crippen molar-refractivity contribution in [3.8, 4) is 33.6 Å². The van der Waals surface area contributed by atoms with Gasteiger partial charge in [-0.15, -0.1) is 65.4 Å². The van der Waals surface area contributed by atoms with E-state index in [0.717, 1.165) is 44.5 Å². The maximum absolute atomic E-state index is 6.52. The van der Waals surface area contributed by atoms with Crippen LogP contribution < -0.4 is 0 Å². The van der Waals surface area contributed by atoms with Gasteiger partial charge in [0.15, 0.2) is 0 Å². The van der Waals surface area contributed by atoms with Gasteiger partial charge < -0.3 is 14.4 Å². The first-order chi connectivity index (χ1) is 22.3. The van der Waals surface area contributed by atoms with E-state index in [2.05, 4.69) is 106 Å². The Morgan fingerprint density at radius 3 is 2.21 bits per heavy atom. The van der Waals surface area contributed by atoms with Crippen molar-refractivity contribution in [1.29, 1.82) is 0 Å². The van der Waals surface area contributed by atoms with Crippen LogP contribution in [0.5, 0.6) is 0 Å². The maximum atomic E-state index is 6.52. The molecule has 8 aromatic rings. The fraction of sp³-hybridized carbons (Fsp3) is 0.143. The molecule has 0 saturated heterocycles. The minimum atomic E-state index is -0.0492. The van der Waals surface area contributed by atoms with Gasteiger partial charge in [0, 0.05) is 53.5 Å². The first kappa shape index (κ1) is 32.5. The molecule has 4 heterocycles. The number of thiophene rings is 1. The first-order valence-electron chi connectivity index (χ1n) is 15.5. The van der Waals surface area contributed by atoms with E-state index < -0.39 is 0 Å². The number of aromatic nitrogens is 2. The molecule has 0 unspecified atom stereocenters. The number of benzene rings is 4. The standard InChI is InChI=1S/C31H26NOS.C11H8N.Ir/c1-18-8-6-9-19(2)28(18)24-17-32-26(16-25(24)31(3,4)5)22-11-7-10-20-21-12-13-27-23(14-15-34-27)30(21)33-29(20)22;1-2-6-10(7-3-1)11-8-4-5-9-12-11;/h6-10,12-17H,1-5H3;1-6,8-9H;/q2*-1;. The van der Waals surface area contributed by atoms with E-state index in [0.29, 0.717) is 0 Å². The van der Waals surface area contributed by atoms with Gasteiger partial charge in [-0.3, -0.25) is 0 Å². The number of nitrogens with zero attached hydrogens (tertiary/aromatic N) is 2. The molecule has 4 aromatic heterocycles. The van der Waals surface area contributed by atoms with Crippen LogP contribution >= 0.6 is 11.3 Å². The van der Waals surface area contributed by atoms with E-state index in [1.807, 2.05) is 54.7 Å². The first-order valence-corrected chi connectivity index (χ1v) is 16.4. The summed E-state index contributed by atoms with van der Waals surface area (Å²) in [4.78, 5) is 9.18. The van der Waals surface area contributed by atoms with Crippen LogP contribution in [0.4, 0.5) is 0 Å². The maximum Gasteiger partial charge on any atom is 0.129 e. The predicted octanol–water partition coefficient (Wildman–Crippen LogP) is 11.8. The number of rotatable bonds is 3. The largest absolute Gasteiger partial charge is 0.500 e. The van der Waals surface area contributed by atoms with Crippen LogP contribution in [-0.4, -0.2) is 9.97 Å². The Morgan fingerprint density at radius 1 is 0.702 bits per heavy atom. The van der Waals surface area contributed by atoms with Crippen LogP contribution in [0.2, 0.25) is 0 Å². The summed E-state index contributed by atoms with van der Waals surface area (Å²) in [5.41, 5.74) is 11.8. The van der Waals surface area contributed by atoms with Crippen molar-refractivity contribution in [3.63, 3.8) is 0 Å². The van der Waals surface area contributed by atoms with Crippen LogP contribution in [0.25, 0.3) is 65.7 Å². The number of pyridine rings is 2. The third kappa shape index (κ3) is 6.32. The van der Waals surface area contributed by atoms with Crippen LogP contribution in [0.15, 0.2) is 119 Å². The smallest absolute Gasteiger partial charge is 0.129 e. The van der Waals surface area contributed by atoms with Gasteiger partial charge in [-0.05, 0) is 76.5 Å². The van der Waals surface area contributed by atoms with Gasteiger partial charge in [-0.25, -0.2) is 0 Å². The Bertz CT molecular complexity index is 2260. The van der Waals surface area contributed by atoms with Gasteiger partial charge in [0.2, 0.25) is 0 Å². The Morgan fingerprint density at radius 2 is 1.49 bits per heavy atom. The number of furan rings is 1. The van der Waals surface area contributed by atoms with Crippen molar-refractivity contribution in [2.24, 2.45) is 0 Å². The average Bonchev–Trinajstić information content (AvgIpc) is 3.70. The molecule has 5 heteroatoms. The average molecular weight is 807 g/mol. The van der Waals surface area contributed by atoms with Crippen molar-refractivity contribution in [2.45, 2.75) is 40.0 Å². The van der Waals surface area contributed by atoms with Crippen LogP contribution in [0.1, 0.15) is 37.5 Å². The molecule has 0 N–H and O–H groups in total. The quantitative estimate of drug-likeness (QED) is 0.167. The molecule has 0 bridgehead atoms. The fourth-order valence-electron chi connectivity index (χ4n) is 6.16. The van der Waals surface area contributed by atoms with Gasteiger partial charge in [0.05, 0.1) is 5.58 Å². The van der Waals surface area contributed by atoms with E-state index in [9.17, 15) is 0 Å². The second kappa shape index (κ2) is 13.4. The fourth-order valence-corrected chi connectivity index (χ4v) is 6.95. The molecule has 1 radical (unpaired) electrons. The molecule has 0 amide bonds. The number of fused-ring (bicyclic) bond motifs is 5. The third-order valence-corrected chi connectivity index (χ3v) is 9.28. The number of hydrogen-bond donors (Lipinski definition) is 0. The second-order valence-electron chi connectivity index (χ2n) is 12.6. The van der Waals surface area contributed by atoms with Gasteiger partial charge in [-0.2, -0.15) is 0 Å². The molecule has 0 aliphatic carbocycles. The summed E-state index contributed by atoms with van der Waals surface area (Å²) in [7, 11) is 0. The molecule has 235 valence electrons. The SMILES string of the molecule is Cc1cccc(C)c1-c1cnc(-c2[c-]ccc3c2oc2c4ccsc4ccc32)cc1C(C)(C)C.[Ir].[c-]1ccccc1-c1ccccn1. The molecular weight excluding hydrogens is 773 g/mol. The molecule has 3 nitrogen and oxygen atoms in total. The third-order valence-electron chi connectivity index (χ3n) is 8.40. The summed E-state index contributed by atoms with van der Waals surface area (Å²) in [5.74, 6) is 0. The molecule has 4 aromatic carbocycles. The van der Waals surface area contributed by atoms with Crippen molar-refractivity contribution in [3.05, 3.63) is 144 Å². The van der Waals surface area contributed by atoms with Crippen LogP contribution in [0, 0.1) is 26.0 Å². The summed E-state index contributed by atoms with van der Waals surface area (Å²) in [6.07, 6.45) is 3.83. The molecular formula is C42H34IrN2OS-2. The summed E-state index contributed by atoms with van der Waals surface area (Å²) in [6, 6.07) is 39.5. The second-order valence-corrected chi connectivity index (χ2v) is 13.5. The van der Waals surface area contributed by atoms with Gasteiger partial charge in [0.25, 0.3) is 0 Å². The Balaban J connectivity index is 0.000000250. The summed E-state index contributed by atoms with van der Waals surface area (Å²) < 4.78 is 7.76. The topological polar surface area (TPSA) is 38.9 Å². The molecule has 47 heavy (non-hydrogen) atoms. The predicted molar refractivity (Wildman–Crippen MR) is 193 cm³/mol. The number of hydrogen-bond acceptors (Lipinski definition) is 4. The van der Waals surface area contributed by atoms with E-state index in [1.165, 1.54) is 37.9 Å². The molecule has 0 fully saturated rings. The Hall–Kier alpha value is -4.41. The number of aryl methyl sites for hydroxylation is 2. The summed E-state index contributed by atoms with van der Waals surface area (Å²) in [6.45, 7) is 11.2. The van der Waals surface area contributed by atoms with Crippen molar-refractivity contribution >= 4 is 43.4 Å². The minimum absolute atomic E-state index is 0. The molecule has 0 saturated carbocycles. The van der Waals surface area contributed by atoms with Gasteiger partial charge in [0.1, 0.15) is 5.58 Å². The normalized spacial score (nSPS) is 11.3. The van der Waals surface area contributed by atoms with E-state index >= 15 is 0 Å². The molecule has 0 spiro atoms. The summed E-state index contributed by atoms with van der Waals surface area (Å²) >= 11 is 1.74. The van der Waals surface area contributed by atoms with Crippen LogP contribution in [-0.2, 0) is 25.5 Å². The van der Waals surface area contributed by atoms with Crippen molar-refractivity contribution in [2.75, 3.05) is 0 Å². The monoisotopic (exact) mass is 807 g/mol. The zero-order valence-corrected chi connectivity index (χ0v) is 30.2. The van der Waals surface area contributed by atoms with E-state index in [-0.39, 0.29) is 25.5 Å². The summed E-state index contributed by atoms with van der Waals surface area (Å²) in [5, 5.41) is 5.53.